The van der Waals surface area contributed by atoms with Crippen molar-refractivity contribution < 1.29 is 0 Å². The second kappa shape index (κ2) is 22.3. The largest absolute Gasteiger partial charge is 0.159 e. The molecule has 0 N–H and O–H groups in total. The fourth-order valence-corrected chi connectivity index (χ4v) is 1.46. The van der Waals surface area contributed by atoms with Gasteiger partial charge >= 0.3 is 0 Å². The zero-order valence-corrected chi connectivity index (χ0v) is 14.6. The zero-order chi connectivity index (χ0) is 15.5. The predicted molar refractivity (Wildman–Crippen MR) is 88.7 cm³/mol. The van der Waals surface area contributed by atoms with Crippen molar-refractivity contribution in [2.45, 2.75) is 87.5 Å². The highest BCUT2D eigenvalue weighted by Crippen LogP contribution is 2.09. The maximum absolute atomic E-state index is 4.17. The molecule has 0 aliphatic rings. The van der Waals surface area contributed by atoms with Crippen LogP contribution >= 0.6 is 0 Å². The van der Waals surface area contributed by atoms with Crippen LogP contribution in [0, 0.1) is 0 Å². The zero-order valence-electron chi connectivity index (χ0n) is 14.6. The molecule has 0 amide bonds. The second-order valence-corrected chi connectivity index (χ2v) is 3.31. The number of nitrogens with zero attached hydrogens (tertiary/aromatic N) is 2. The Kier molecular flexibility index (Phi) is 27.2. The van der Waals surface area contributed by atoms with Gasteiger partial charge in [-0.05, 0) is 30.9 Å². The summed E-state index contributed by atoms with van der Waals surface area (Å²) in [6.45, 7) is 16.4. The lowest BCUT2D eigenvalue weighted by Gasteiger charge is -2.03. The van der Waals surface area contributed by atoms with Gasteiger partial charge < -0.3 is 0 Å². The van der Waals surface area contributed by atoms with E-state index in [9.17, 15) is 0 Å². The van der Waals surface area contributed by atoms with Gasteiger partial charge in [-0.15, -0.1) is 0 Å². The van der Waals surface area contributed by atoms with E-state index >= 15 is 0 Å². The summed E-state index contributed by atoms with van der Waals surface area (Å²) in [4.78, 5) is 0. The molecular formula is C17H36N2. The Morgan fingerprint density at radius 2 is 1.47 bits per heavy atom. The minimum atomic E-state index is 1.07. The summed E-state index contributed by atoms with van der Waals surface area (Å²) in [6.07, 6.45) is 7.73. The van der Waals surface area contributed by atoms with E-state index in [-0.39, 0.29) is 0 Å². The first kappa shape index (κ1) is 23.2. The molecule has 0 saturated heterocycles. The van der Waals surface area contributed by atoms with E-state index < -0.39 is 0 Å². The molecule has 2 nitrogen and oxygen atoms in total. The van der Waals surface area contributed by atoms with Crippen molar-refractivity contribution in [1.82, 2.24) is 10.2 Å². The molecule has 0 aliphatic carbocycles. The van der Waals surface area contributed by atoms with Gasteiger partial charge in [0.15, 0.2) is 0 Å². The first-order valence-corrected chi connectivity index (χ1v) is 8.18. The van der Waals surface area contributed by atoms with E-state index in [2.05, 4.69) is 30.1 Å². The lowest BCUT2D eigenvalue weighted by Crippen LogP contribution is -1.98. The predicted octanol–water partition coefficient (Wildman–Crippen LogP) is 5.85. The quantitative estimate of drug-likeness (QED) is 0.626. The Morgan fingerprint density at radius 3 is 1.95 bits per heavy atom. The van der Waals surface area contributed by atoms with E-state index in [0.717, 1.165) is 12.8 Å². The lowest BCUT2D eigenvalue weighted by atomic mass is 10.1. The number of hydrogen-bond acceptors (Lipinski definition) is 2. The minimum Gasteiger partial charge on any atom is -0.159 e. The van der Waals surface area contributed by atoms with Gasteiger partial charge in [-0.2, -0.15) is 10.2 Å². The molecule has 0 atom stereocenters. The molecule has 0 aliphatic heterocycles. The molecule has 0 spiro atoms. The molecule has 1 aromatic heterocycles. The van der Waals surface area contributed by atoms with Crippen LogP contribution in [0.2, 0.25) is 0 Å². The van der Waals surface area contributed by atoms with Crippen molar-refractivity contribution in [3.8, 4) is 0 Å². The molecule has 114 valence electrons. The van der Waals surface area contributed by atoms with E-state index in [1.165, 1.54) is 30.5 Å². The maximum Gasteiger partial charge on any atom is 0.0662 e. The molecule has 0 fully saturated rings. The summed E-state index contributed by atoms with van der Waals surface area (Å²) in [5, 5.41) is 8.09. The third-order valence-corrected chi connectivity index (χ3v) is 2.29. The number of unbranched alkanes of at least 4 members (excludes halogenated alkanes) is 2. The number of aromatic nitrogens is 2. The van der Waals surface area contributed by atoms with Gasteiger partial charge in [-0.3, -0.25) is 0 Å². The van der Waals surface area contributed by atoms with Crippen molar-refractivity contribution >= 4 is 0 Å². The SMILES string of the molecule is CC.CC.CC.CCCCCc1nnccc1CC. The summed E-state index contributed by atoms with van der Waals surface area (Å²) in [5.74, 6) is 0. The summed E-state index contributed by atoms with van der Waals surface area (Å²) >= 11 is 0. The van der Waals surface area contributed by atoms with Crippen LogP contribution in [0.4, 0.5) is 0 Å². The van der Waals surface area contributed by atoms with Crippen molar-refractivity contribution in [1.29, 1.82) is 0 Å². The molecule has 2 heteroatoms. The van der Waals surface area contributed by atoms with E-state index in [4.69, 9.17) is 0 Å². The van der Waals surface area contributed by atoms with Gasteiger partial charge in [-0.1, -0.05) is 68.2 Å². The van der Waals surface area contributed by atoms with Crippen molar-refractivity contribution in [2.75, 3.05) is 0 Å². The average molecular weight is 268 g/mol. The third-order valence-electron chi connectivity index (χ3n) is 2.29. The second-order valence-electron chi connectivity index (χ2n) is 3.31. The molecule has 0 radical (unpaired) electrons. The highest BCUT2D eigenvalue weighted by Gasteiger charge is 2.00. The van der Waals surface area contributed by atoms with Crippen LogP contribution in [0.5, 0.6) is 0 Å². The third kappa shape index (κ3) is 13.3. The first-order chi connectivity index (χ1) is 9.38. The normalized spacial score (nSPS) is 8.00. The number of aryl methyl sites for hydroxylation is 2. The van der Waals surface area contributed by atoms with Gasteiger partial charge in [0.2, 0.25) is 0 Å². The van der Waals surface area contributed by atoms with Gasteiger partial charge in [0, 0.05) is 6.20 Å². The van der Waals surface area contributed by atoms with Crippen LogP contribution in [-0.2, 0) is 12.8 Å². The summed E-state index contributed by atoms with van der Waals surface area (Å²) < 4.78 is 0. The van der Waals surface area contributed by atoms with Gasteiger partial charge in [0.05, 0.1) is 5.69 Å². The van der Waals surface area contributed by atoms with Gasteiger partial charge in [0.25, 0.3) is 0 Å². The molecule has 0 bridgehead atoms. The van der Waals surface area contributed by atoms with Crippen molar-refractivity contribution in [3.63, 3.8) is 0 Å². The summed E-state index contributed by atoms with van der Waals surface area (Å²) in [5.41, 5.74) is 2.55. The van der Waals surface area contributed by atoms with Crippen molar-refractivity contribution in [2.24, 2.45) is 0 Å². The van der Waals surface area contributed by atoms with Gasteiger partial charge in [0.1, 0.15) is 0 Å². The molecule has 1 aromatic rings. The molecule has 1 rings (SSSR count). The molecule has 0 aromatic carbocycles. The molecule has 0 saturated carbocycles. The Hall–Kier alpha value is -0.920. The van der Waals surface area contributed by atoms with E-state index in [0.29, 0.717) is 0 Å². The van der Waals surface area contributed by atoms with Crippen LogP contribution in [0.3, 0.4) is 0 Å². The Labute approximate surface area is 122 Å². The highest BCUT2D eigenvalue weighted by atomic mass is 15.1. The fraction of sp³-hybridized carbons (Fsp3) is 0.765. The van der Waals surface area contributed by atoms with E-state index in [1.807, 2.05) is 41.5 Å². The van der Waals surface area contributed by atoms with Crippen LogP contribution < -0.4 is 0 Å². The Balaban J connectivity index is -0.000000375. The Bertz CT molecular complexity index is 247. The first-order valence-electron chi connectivity index (χ1n) is 8.18. The van der Waals surface area contributed by atoms with Crippen LogP contribution in [0.15, 0.2) is 12.3 Å². The maximum atomic E-state index is 4.17. The molecule has 1 heterocycles. The van der Waals surface area contributed by atoms with Gasteiger partial charge in [-0.25, -0.2) is 0 Å². The van der Waals surface area contributed by atoms with Crippen molar-refractivity contribution in [3.05, 3.63) is 23.5 Å². The Morgan fingerprint density at radius 1 is 0.895 bits per heavy atom. The molecule has 0 unspecified atom stereocenters. The fourth-order valence-electron chi connectivity index (χ4n) is 1.46. The number of rotatable bonds is 5. The summed E-state index contributed by atoms with van der Waals surface area (Å²) in [7, 11) is 0. The lowest BCUT2D eigenvalue weighted by molar-refractivity contribution is 0.693. The smallest absolute Gasteiger partial charge is 0.0662 e. The standard InChI is InChI=1S/C11H18N2.3C2H6/c1-3-5-6-7-11-10(4-2)8-9-12-13-11;3*1-2/h8-9H,3-7H2,1-2H3;3*1-2H3. The van der Waals surface area contributed by atoms with Crippen LogP contribution in [0.25, 0.3) is 0 Å². The van der Waals surface area contributed by atoms with Crippen LogP contribution in [0.1, 0.15) is 85.9 Å². The monoisotopic (exact) mass is 268 g/mol. The highest BCUT2D eigenvalue weighted by molar-refractivity contribution is 5.17. The molecular weight excluding hydrogens is 232 g/mol. The topological polar surface area (TPSA) is 25.8 Å². The minimum absolute atomic E-state index is 1.07. The molecule has 19 heavy (non-hydrogen) atoms. The summed E-state index contributed by atoms with van der Waals surface area (Å²) in [6, 6.07) is 2.08. The average Bonchev–Trinajstić information content (AvgIpc) is 2.54. The number of hydrogen-bond donors (Lipinski definition) is 0. The van der Waals surface area contributed by atoms with E-state index in [1.54, 1.807) is 6.20 Å². The van der Waals surface area contributed by atoms with Crippen LogP contribution in [-0.4, -0.2) is 10.2 Å².